The van der Waals surface area contributed by atoms with Gasteiger partial charge in [0.1, 0.15) is 0 Å². The lowest BCUT2D eigenvalue weighted by Gasteiger charge is -2.58. The Morgan fingerprint density at radius 3 is 2.42 bits per heavy atom. The van der Waals surface area contributed by atoms with Gasteiger partial charge in [-0.3, -0.25) is 25.0 Å². The van der Waals surface area contributed by atoms with Crippen LogP contribution in [0.2, 0.25) is 0 Å². The number of benzene rings is 1. The number of non-ortho nitro benzene ring substituents is 1. The van der Waals surface area contributed by atoms with Crippen molar-refractivity contribution in [2.45, 2.75) is 156 Å². The van der Waals surface area contributed by atoms with Crippen LogP contribution in [0.4, 0.5) is 11.4 Å². The summed E-state index contributed by atoms with van der Waals surface area (Å²) in [5.41, 5.74) is 2.70. The highest BCUT2D eigenvalue weighted by Gasteiger charge is 2.59. The number of nitrogens with one attached hydrogen (secondary N) is 2. The molecule has 4 aliphatic carbocycles. The Hall–Kier alpha value is -2.81. The Balaban J connectivity index is 0.965. The number of nitrogens with zero attached hydrogens (tertiary/aromatic N) is 2. The SMILES string of the molecule is CC(C)CCCC(C)[C@H]1CCC2C3CC=C4C[C@@H](NCCCNC(=O)CCCCCCc5ccc([N+](=O)[O-])cc5[N+](=O)[O-])CC[C@]4(C)C3CC[C@@]21C. The van der Waals surface area contributed by atoms with E-state index in [1.165, 1.54) is 82.8 Å². The van der Waals surface area contributed by atoms with Gasteiger partial charge < -0.3 is 10.6 Å². The largest absolute Gasteiger partial charge is 0.356 e. The van der Waals surface area contributed by atoms with Crippen LogP contribution in [0.25, 0.3) is 0 Å². The topological polar surface area (TPSA) is 127 Å². The van der Waals surface area contributed by atoms with Crippen molar-refractivity contribution in [3.63, 3.8) is 0 Å². The van der Waals surface area contributed by atoms with Crippen LogP contribution in [0.15, 0.2) is 29.8 Å². The summed E-state index contributed by atoms with van der Waals surface area (Å²) < 4.78 is 0. The molecule has 52 heavy (non-hydrogen) atoms. The molecule has 1 aromatic carbocycles. The van der Waals surface area contributed by atoms with Gasteiger partial charge in [-0.25, -0.2) is 0 Å². The first-order valence-electron chi connectivity index (χ1n) is 20.9. The third kappa shape index (κ3) is 9.46. The lowest BCUT2D eigenvalue weighted by molar-refractivity contribution is -0.394. The number of carbonyl (C=O) groups is 1. The Morgan fingerprint density at radius 1 is 0.885 bits per heavy atom. The minimum Gasteiger partial charge on any atom is -0.356 e. The zero-order chi connectivity index (χ0) is 37.5. The number of nitro groups is 2. The molecule has 0 bridgehead atoms. The molecule has 1 amide bonds. The van der Waals surface area contributed by atoms with Crippen LogP contribution in [0.3, 0.4) is 0 Å². The molecule has 0 spiro atoms. The first-order chi connectivity index (χ1) is 24.8. The average molecular weight is 721 g/mol. The summed E-state index contributed by atoms with van der Waals surface area (Å²) in [5.74, 6) is 5.32. The standard InChI is InChI=1S/C43H68N4O5/c1-30(2)12-10-13-31(3)37-20-21-38-36-19-17-33-28-34(22-24-42(33,4)39(36)23-25-43(37,38)5)44-26-11-27-45-41(48)15-9-7-6-8-14-32-16-18-35(46(49)50)29-40(32)47(51)52/h16-18,29-31,34,36-39,44H,6-15,19-28H2,1-5H3,(H,45,48)/t31?,34-,36?,37+,38?,39?,42-,43+/m0/s1. The molecular weight excluding hydrogens is 652 g/mol. The second-order valence-electron chi connectivity index (χ2n) is 18.1. The van der Waals surface area contributed by atoms with Crippen molar-refractivity contribution < 1.29 is 14.6 Å². The van der Waals surface area contributed by atoms with Crippen LogP contribution in [-0.4, -0.2) is 34.9 Å². The molecule has 5 rings (SSSR count). The fraction of sp³-hybridized carbons (Fsp3) is 0.791. The molecule has 0 aliphatic heterocycles. The number of nitro benzene ring substituents is 2. The van der Waals surface area contributed by atoms with Crippen molar-refractivity contribution in [1.29, 1.82) is 0 Å². The second kappa shape index (κ2) is 18.0. The maximum absolute atomic E-state index is 12.4. The highest BCUT2D eigenvalue weighted by Crippen LogP contribution is 2.67. The first-order valence-corrected chi connectivity index (χ1v) is 20.9. The van der Waals surface area contributed by atoms with Crippen molar-refractivity contribution in [2.24, 2.45) is 46.3 Å². The van der Waals surface area contributed by atoms with E-state index in [-0.39, 0.29) is 17.3 Å². The Morgan fingerprint density at radius 2 is 1.67 bits per heavy atom. The molecular formula is C43H68N4O5. The lowest BCUT2D eigenvalue weighted by atomic mass is 9.47. The highest BCUT2D eigenvalue weighted by molar-refractivity contribution is 5.75. The minimum atomic E-state index is -0.616. The Labute approximate surface area is 313 Å². The molecule has 0 heterocycles. The number of hydrogen-bond acceptors (Lipinski definition) is 6. The normalized spacial score (nSPS) is 30.2. The maximum Gasteiger partial charge on any atom is 0.279 e. The van der Waals surface area contributed by atoms with Crippen LogP contribution in [0.1, 0.15) is 149 Å². The fourth-order valence-electron chi connectivity index (χ4n) is 11.6. The van der Waals surface area contributed by atoms with Crippen LogP contribution in [0, 0.1) is 66.6 Å². The predicted molar refractivity (Wildman–Crippen MR) is 209 cm³/mol. The van der Waals surface area contributed by atoms with E-state index in [0.29, 0.717) is 41.8 Å². The van der Waals surface area contributed by atoms with E-state index in [2.05, 4.69) is 51.3 Å². The van der Waals surface area contributed by atoms with Gasteiger partial charge in [0.15, 0.2) is 0 Å². The van der Waals surface area contributed by atoms with Crippen LogP contribution in [-0.2, 0) is 11.2 Å². The number of aryl methyl sites for hydroxylation is 1. The number of fused-ring (bicyclic) bond motifs is 5. The van der Waals surface area contributed by atoms with Crippen LogP contribution in [0.5, 0.6) is 0 Å². The first kappa shape index (κ1) is 40.4. The summed E-state index contributed by atoms with van der Waals surface area (Å²) >= 11 is 0. The van der Waals surface area contributed by atoms with Crippen molar-refractivity contribution in [1.82, 2.24) is 10.6 Å². The Bertz CT molecular complexity index is 1430. The molecule has 0 radical (unpaired) electrons. The van der Waals surface area contributed by atoms with Crippen molar-refractivity contribution in [2.75, 3.05) is 13.1 Å². The minimum absolute atomic E-state index is 0.0825. The quantitative estimate of drug-likeness (QED) is 0.0634. The van der Waals surface area contributed by atoms with Crippen LogP contribution < -0.4 is 10.6 Å². The summed E-state index contributed by atoms with van der Waals surface area (Å²) in [6.07, 6.45) is 22.8. The third-order valence-electron chi connectivity index (χ3n) is 14.5. The number of amides is 1. The van der Waals surface area contributed by atoms with Crippen molar-refractivity contribution in [3.05, 3.63) is 55.6 Å². The highest BCUT2D eigenvalue weighted by atomic mass is 16.6. The number of rotatable bonds is 19. The number of carbonyl (C=O) groups excluding carboxylic acids is 1. The average Bonchev–Trinajstić information content (AvgIpc) is 3.46. The number of allylic oxidation sites excluding steroid dienone is 1. The van der Waals surface area contributed by atoms with Crippen molar-refractivity contribution in [3.8, 4) is 0 Å². The monoisotopic (exact) mass is 721 g/mol. The van der Waals surface area contributed by atoms with Gasteiger partial charge in [0.2, 0.25) is 5.91 Å². The van der Waals surface area contributed by atoms with Gasteiger partial charge >= 0.3 is 0 Å². The van der Waals surface area contributed by atoms with Crippen LogP contribution >= 0.6 is 0 Å². The number of hydrogen-bond donors (Lipinski definition) is 2. The third-order valence-corrected chi connectivity index (χ3v) is 14.5. The van der Waals surface area contributed by atoms with Gasteiger partial charge in [-0.2, -0.15) is 0 Å². The molecule has 3 fully saturated rings. The van der Waals surface area contributed by atoms with Gasteiger partial charge in [0.05, 0.1) is 15.9 Å². The molecule has 4 unspecified atom stereocenters. The molecule has 4 aliphatic rings. The molecule has 3 saturated carbocycles. The van der Waals surface area contributed by atoms with Gasteiger partial charge in [0, 0.05) is 30.6 Å². The van der Waals surface area contributed by atoms with Gasteiger partial charge in [-0.15, -0.1) is 0 Å². The summed E-state index contributed by atoms with van der Waals surface area (Å²) in [4.78, 5) is 33.5. The van der Waals surface area contributed by atoms with E-state index in [0.717, 1.165) is 80.2 Å². The second-order valence-corrected chi connectivity index (χ2v) is 18.1. The number of unbranched alkanes of at least 4 members (excludes halogenated alkanes) is 3. The van der Waals surface area contributed by atoms with E-state index in [1.54, 1.807) is 5.57 Å². The van der Waals surface area contributed by atoms with Crippen molar-refractivity contribution >= 4 is 17.3 Å². The molecule has 1 aromatic rings. The summed E-state index contributed by atoms with van der Waals surface area (Å²) in [6.45, 7) is 14.2. The molecule has 0 aromatic heterocycles. The van der Waals surface area contributed by atoms with Gasteiger partial charge in [0.25, 0.3) is 11.4 Å². The lowest BCUT2D eigenvalue weighted by Crippen LogP contribution is -2.51. The maximum atomic E-state index is 12.4. The molecule has 2 N–H and O–H groups in total. The summed E-state index contributed by atoms with van der Waals surface area (Å²) in [7, 11) is 0. The predicted octanol–water partition coefficient (Wildman–Crippen LogP) is 10.5. The van der Waals surface area contributed by atoms with E-state index >= 15 is 0 Å². The zero-order valence-electron chi connectivity index (χ0n) is 32.9. The molecule has 8 atom stereocenters. The van der Waals surface area contributed by atoms with E-state index in [9.17, 15) is 25.0 Å². The molecule has 9 heteroatoms. The van der Waals surface area contributed by atoms with E-state index in [1.807, 2.05) is 0 Å². The molecule has 290 valence electrons. The van der Waals surface area contributed by atoms with Gasteiger partial charge in [-0.05, 0) is 136 Å². The fourth-order valence-corrected chi connectivity index (χ4v) is 11.6. The smallest absolute Gasteiger partial charge is 0.279 e. The van der Waals surface area contributed by atoms with Gasteiger partial charge in [-0.1, -0.05) is 78.4 Å². The molecule has 9 nitrogen and oxygen atoms in total. The summed E-state index contributed by atoms with van der Waals surface area (Å²) in [6, 6.07) is 4.37. The zero-order valence-corrected chi connectivity index (χ0v) is 32.9. The summed E-state index contributed by atoms with van der Waals surface area (Å²) in [5, 5.41) is 29.2. The van der Waals surface area contributed by atoms with E-state index in [4.69, 9.17) is 0 Å². The van der Waals surface area contributed by atoms with E-state index < -0.39 is 9.85 Å². The Kier molecular flexibility index (Phi) is 14.0. The molecule has 0 saturated heterocycles.